The first-order chi connectivity index (χ1) is 7.41. The van der Waals surface area contributed by atoms with Crippen LogP contribution in [0.4, 0.5) is 0 Å². The second kappa shape index (κ2) is 3.01. The van der Waals surface area contributed by atoms with Crippen molar-refractivity contribution in [1.29, 1.82) is 0 Å². The molecule has 4 rings (SSSR count). The van der Waals surface area contributed by atoms with Gasteiger partial charge in [-0.1, -0.05) is 20.8 Å². The zero-order valence-electron chi connectivity index (χ0n) is 10.5. The van der Waals surface area contributed by atoms with E-state index in [1.54, 1.807) is 0 Å². The van der Waals surface area contributed by atoms with Crippen molar-refractivity contribution in [3.05, 3.63) is 0 Å². The first-order valence-corrected chi connectivity index (χ1v) is 6.44. The number of hydrogen-bond acceptors (Lipinski definition) is 3. The highest BCUT2D eigenvalue weighted by Crippen LogP contribution is 2.65. The molecule has 3 nitrogen and oxygen atoms in total. The molecule has 2 saturated heterocycles. The lowest BCUT2D eigenvalue weighted by Gasteiger charge is -2.66. The molecule has 0 aromatic carbocycles. The van der Waals surface area contributed by atoms with Crippen LogP contribution >= 0.6 is 0 Å². The molecular formula is C13H22O3. The summed E-state index contributed by atoms with van der Waals surface area (Å²) in [5, 5.41) is 10.3. The smallest absolute Gasteiger partial charge is 0.117 e. The van der Waals surface area contributed by atoms with E-state index < -0.39 is 0 Å². The van der Waals surface area contributed by atoms with E-state index in [-0.39, 0.29) is 28.6 Å². The van der Waals surface area contributed by atoms with Crippen LogP contribution in [0.25, 0.3) is 0 Å². The minimum atomic E-state index is -0.285. The van der Waals surface area contributed by atoms with Crippen molar-refractivity contribution >= 4 is 0 Å². The van der Waals surface area contributed by atoms with Gasteiger partial charge in [0.2, 0.25) is 0 Å². The molecule has 0 amide bonds. The van der Waals surface area contributed by atoms with Crippen molar-refractivity contribution in [2.75, 3.05) is 0 Å². The van der Waals surface area contributed by atoms with Crippen LogP contribution in [0.5, 0.6) is 0 Å². The van der Waals surface area contributed by atoms with Crippen molar-refractivity contribution in [3.8, 4) is 0 Å². The van der Waals surface area contributed by atoms with E-state index in [2.05, 4.69) is 20.8 Å². The van der Waals surface area contributed by atoms with Crippen LogP contribution in [0, 0.1) is 10.8 Å². The molecule has 16 heavy (non-hydrogen) atoms. The standard InChI is InChI=1S/C13H22O3/c1-11(2)10(14)5-6-12(3)8-9-4-7-13(11,12)16-15-9/h9-10,14H,4-8H2,1-3H3/t9-,10+,12+,13-/m0/s1. The molecule has 92 valence electrons. The van der Waals surface area contributed by atoms with Gasteiger partial charge in [-0.2, -0.15) is 0 Å². The highest BCUT2D eigenvalue weighted by Gasteiger charge is 2.68. The predicted octanol–water partition coefficient (Wildman–Crippen LogP) is 2.43. The lowest BCUT2D eigenvalue weighted by atomic mass is 9.47. The van der Waals surface area contributed by atoms with Crippen LogP contribution in [0.15, 0.2) is 0 Å². The van der Waals surface area contributed by atoms with Crippen molar-refractivity contribution in [2.24, 2.45) is 10.8 Å². The normalized spacial score (nSPS) is 54.8. The van der Waals surface area contributed by atoms with E-state index in [0.717, 1.165) is 32.1 Å². The van der Waals surface area contributed by atoms with E-state index >= 15 is 0 Å². The van der Waals surface area contributed by atoms with Crippen molar-refractivity contribution < 1.29 is 14.9 Å². The van der Waals surface area contributed by atoms with Crippen LogP contribution in [0.2, 0.25) is 0 Å². The topological polar surface area (TPSA) is 38.7 Å². The van der Waals surface area contributed by atoms with Gasteiger partial charge in [-0.25, -0.2) is 9.78 Å². The van der Waals surface area contributed by atoms with Crippen LogP contribution in [-0.2, 0) is 9.78 Å². The summed E-state index contributed by atoms with van der Waals surface area (Å²) in [6, 6.07) is 0. The van der Waals surface area contributed by atoms with E-state index in [9.17, 15) is 5.11 Å². The molecule has 2 bridgehead atoms. The summed E-state index contributed by atoms with van der Waals surface area (Å²) in [6.07, 6.45) is 5.13. The molecule has 0 unspecified atom stereocenters. The molecule has 2 aliphatic heterocycles. The Labute approximate surface area is 97.1 Å². The molecule has 1 N–H and O–H groups in total. The second-order valence-corrected chi connectivity index (χ2v) is 6.71. The van der Waals surface area contributed by atoms with Gasteiger partial charge >= 0.3 is 0 Å². The van der Waals surface area contributed by atoms with Gasteiger partial charge in [-0.3, -0.25) is 0 Å². The van der Waals surface area contributed by atoms with E-state index in [1.165, 1.54) is 0 Å². The van der Waals surface area contributed by atoms with Crippen LogP contribution in [-0.4, -0.2) is 22.9 Å². The highest BCUT2D eigenvalue weighted by molar-refractivity contribution is 5.15. The van der Waals surface area contributed by atoms with Crippen molar-refractivity contribution in [1.82, 2.24) is 0 Å². The van der Waals surface area contributed by atoms with Crippen LogP contribution < -0.4 is 0 Å². The van der Waals surface area contributed by atoms with E-state index in [0.29, 0.717) is 0 Å². The first kappa shape index (κ1) is 11.0. The molecule has 0 aromatic rings. The molecule has 2 aliphatic carbocycles. The Morgan fingerprint density at radius 2 is 1.88 bits per heavy atom. The second-order valence-electron chi connectivity index (χ2n) is 6.71. The lowest BCUT2D eigenvalue weighted by Crippen LogP contribution is -2.70. The SMILES string of the molecule is CC1(C)[C@H](O)CC[C@]2(C)C[C@@H]3CC[C@]12OO3. The average molecular weight is 226 g/mol. The zero-order chi connectivity index (χ0) is 11.6. The van der Waals surface area contributed by atoms with E-state index in [1.807, 2.05) is 0 Å². The molecule has 4 atom stereocenters. The maximum atomic E-state index is 10.3. The number of aliphatic hydroxyl groups excluding tert-OH is 1. The molecule has 2 saturated carbocycles. The summed E-state index contributed by atoms with van der Waals surface area (Å²) < 4.78 is 0. The molecule has 0 aromatic heterocycles. The fraction of sp³-hybridized carbons (Fsp3) is 1.00. The van der Waals surface area contributed by atoms with Gasteiger partial charge in [0, 0.05) is 10.8 Å². The molecule has 2 heterocycles. The third-order valence-corrected chi connectivity index (χ3v) is 5.64. The van der Waals surface area contributed by atoms with E-state index in [4.69, 9.17) is 9.78 Å². The molecule has 1 spiro atoms. The van der Waals surface area contributed by atoms with Gasteiger partial charge in [0.1, 0.15) is 5.60 Å². The fourth-order valence-corrected chi connectivity index (χ4v) is 4.41. The zero-order valence-corrected chi connectivity index (χ0v) is 10.5. The Morgan fingerprint density at radius 3 is 2.50 bits per heavy atom. The quantitative estimate of drug-likeness (QED) is 0.645. The molecule has 4 fully saturated rings. The van der Waals surface area contributed by atoms with Gasteiger partial charge in [0.25, 0.3) is 0 Å². The predicted molar refractivity (Wildman–Crippen MR) is 59.7 cm³/mol. The Balaban J connectivity index is 2.08. The Hall–Kier alpha value is -0.120. The molecular weight excluding hydrogens is 204 g/mol. The fourth-order valence-electron chi connectivity index (χ4n) is 4.41. The average Bonchev–Trinajstić information content (AvgIpc) is 2.25. The van der Waals surface area contributed by atoms with Gasteiger partial charge in [0.05, 0.1) is 12.2 Å². The summed E-state index contributed by atoms with van der Waals surface area (Å²) in [5.74, 6) is 0. The number of aliphatic hydroxyl groups is 1. The molecule has 3 heteroatoms. The van der Waals surface area contributed by atoms with Gasteiger partial charge < -0.3 is 5.11 Å². The number of hydrogen-bond donors (Lipinski definition) is 1. The lowest BCUT2D eigenvalue weighted by molar-refractivity contribution is -0.496. The minimum Gasteiger partial charge on any atom is -0.392 e. The monoisotopic (exact) mass is 226 g/mol. The Morgan fingerprint density at radius 1 is 1.12 bits per heavy atom. The minimum absolute atomic E-state index is 0.177. The highest BCUT2D eigenvalue weighted by atomic mass is 17.2. The Bertz CT molecular complexity index is 298. The number of fused-ring (bicyclic) bond motifs is 2. The van der Waals surface area contributed by atoms with Gasteiger partial charge in [-0.15, -0.1) is 0 Å². The molecule has 0 radical (unpaired) electrons. The Kier molecular flexibility index (Phi) is 2.07. The maximum Gasteiger partial charge on any atom is 0.117 e. The summed E-state index contributed by atoms with van der Waals surface area (Å²) in [5.41, 5.74) is -0.325. The van der Waals surface area contributed by atoms with Gasteiger partial charge in [-0.05, 0) is 32.1 Å². The van der Waals surface area contributed by atoms with Crippen LogP contribution in [0.3, 0.4) is 0 Å². The summed E-state index contributed by atoms with van der Waals surface area (Å²) >= 11 is 0. The summed E-state index contributed by atoms with van der Waals surface area (Å²) in [6.45, 7) is 6.57. The molecule has 4 aliphatic rings. The summed E-state index contributed by atoms with van der Waals surface area (Å²) in [4.78, 5) is 11.3. The maximum absolute atomic E-state index is 10.3. The van der Waals surface area contributed by atoms with Crippen LogP contribution in [0.1, 0.15) is 52.9 Å². The summed E-state index contributed by atoms with van der Waals surface area (Å²) in [7, 11) is 0. The first-order valence-electron chi connectivity index (χ1n) is 6.44. The third kappa shape index (κ3) is 1.05. The number of rotatable bonds is 0. The largest absolute Gasteiger partial charge is 0.392 e. The third-order valence-electron chi connectivity index (χ3n) is 5.64. The van der Waals surface area contributed by atoms with Gasteiger partial charge in [0.15, 0.2) is 0 Å². The van der Waals surface area contributed by atoms with Crippen molar-refractivity contribution in [2.45, 2.75) is 70.7 Å². The van der Waals surface area contributed by atoms with Crippen molar-refractivity contribution in [3.63, 3.8) is 0 Å².